The van der Waals surface area contributed by atoms with Gasteiger partial charge in [-0.1, -0.05) is 40.2 Å². The fourth-order valence-electron chi connectivity index (χ4n) is 3.18. The summed E-state index contributed by atoms with van der Waals surface area (Å²) >= 11 is 3.65. The van der Waals surface area contributed by atoms with Gasteiger partial charge in [0, 0.05) is 10.7 Å². The maximum atomic E-state index is 11.2. The Morgan fingerprint density at radius 3 is 2.48 bits per heavy atom. The maximum absolute atomic E-state index is 11.2. The number of aromatic nitrogens is 1. The van der Waals surface area contributed by atoms with Gasteiger partial charge in [-0.3, -0.25) is 14.7 Å². The smallest absolute Gasteiger partial charge is 0.306 e. The Morgan fingerprint density at radius 2 is 1.87 bits per heavy atom. The number of hydrogen-bond acceptors (Lipinski definition) is 3. The first-order chi connectivity index (χ1) is 11.2. The molecule has 1 N–H and O–H groups in total. The van der Waals surface area contributed by atoms with Gasteiger partial charge in [0.2, 0.25) is 0 Å². The number of piperidine rings is 1. The number of halogens is 1. The lowest BCUT2D eigenvalue weighted by Gasteiger charge is -2.36. The number of pyridine rings is 1. The molecule has 4 nitrogen and oxygen atoms in total. The van der Waals surface area contributed by atoms with Gasteiger partial charge in [-0.15, -0.1) is 0 Å². The van der Waals surface area contributed by atoms with Crippen molar-refractivity contribution >= 4 is 21.9 Å². The molecule has 0 amide bonds. The van der Waals surface area contributed by atoms with Crippen molar-refractivity contribution in [2.24, 2.45) is 5.92 Å². The van der Waals surface area contributed by atoms with E-state index >= 15 is 0 Å². The highest BCUT2D eigenvalue weighted by Gasteiger charge is 2.31. The van der Waals surface area contributed by atoms with Crippen LogP contribution in [0.5, 0.6) is 0 Å². The minimum atomic E-state index is -0.681. The number of rotatable bonds is 4. The van der Waals surface area contributed by atoms with Crippen LogP contribution in [0.4, 0.5) is 0 Å². The normalized spacial score (nSPS) is 17.8. The number of likely N-dealkylation sites (tertiary alicyclic amines) is 1. The Labute approximate surface area is 144 Å². The number of carboxylic acid groups (broad SMARTS) is 1. The molecular formula is C18H19BrN2O2. The average Bonchev–Trinajstić information content (AvgIpc) is 2.58. The second-order valence-corrected chi connectivity index (χ2v) is 6.68. The van der Waals surface area contributed by atoms with Crippen LogP contribution >= 0.6 is 15.9 Å². The predicted octanol–water partition coefficient (Wildman–Crippen LogP) is 3.73. The maximum Gasteiger partial charge on any atom is 0.306 e. The third kappa shape index (κ3) is 3.62. The van der Waals surface area contributed by atoms with Crippen LogP contribution in [0, 0.1) is 5.92 Å². The summed E-state index contributed by atoms with van der Waals surface area (Å²) in [6.07, 6.45) is 3.18. The second-order valence-electron chi connectivity index (χ2n) is 5.83. The molecule has 0 saturated carbocycles. The number of carbonyl (C=O) groups is 1. The molecule has 2 aromatic rings. The van der Waals surface area contributed by atoms with Gasteiger partial charge in [-0.25, -0.2) is 0 Å². The molecule has 5 heteroatoms. The third-order valence-electron chi connectivity index (χ3n) is 4.41. The van der Waals surface area contributed by atoms with Crippen LogP contribution < -0.4 is 0 Å². The summed E-state index contributed by atoms with van der Waals surface area (Å²) < 4.78 is 1.05. The van der Waals surface area contributed by atoms with E-state index in [1.165, 1.54) is 5.56 Å². The summed E-state index contributed by atoms with van der Waals surface area (Å²) in [5.41, 5.74) is 2.16. The monoisotopic (exact) mass is 374 g/mol. The number of carboxylic acids is 1. The molecule has 1 unspecified atom stereocenters. The van der Waals surface area contributed by atoms with Crippen LogP contribution in [0.3, 0.4) is 0 Å². The molecule has 23 heavy (non-hydrogen) atoms. The Bertz CT molecular complexity index is 670. The minimum Gasteiger partial charge on any atom is -0.481 e. The summed E-state index contributed by atoms with van der Waals surface area (Å²) in [5, 5.41) is 9.20. The SMILES string of the molecule is O=C(O)C1CCN(C(c2ccccn2)c2ccccc2Br)CC1. The lowest BCUT2D eigenvalue weighted by atomic mass is 9.93. The molecule has 1 aromatic carbocycles. The van der Waals surface area contributed by atoms with Crippen molar-refractivity contribution in [3.8, 4) is 0 Å². The van der Waals surface area contributed by atoms with Crippen molar-refractivity contribution in [1.82, 2.24) is 9.88 Å². The van der Waals surface area contributed by atoms with Crippen molar-refractivity contribution in [3.05, 3.63) is 64.4 Å². The van der Waals surface area contributed by atoms with Crippen LogP contribution in [-0.2, 0) is 4.79 Å². The van der Waals surface area contributed by atoms with Gasteiger partial charge in [0.05, 0.1) is 17.7 Å². The molecule has 1 atom stereocenters. The van der Waals surface area contributed by atoms with Gasteiger partial charge in [0.25, 0.3) is 0 Å². The van der Waals surface area contributed by atoms with Crippen LogP contribution in [0.1, 0.15) is 30.1 Å². The van der Waals surface area contributed by atoms with Crippen LogP contribution in [0.2, 0.25) is 0 Å². The van der Waals surface area contributed by atoms with Gasteiger partial charge < -0.3 is 5.11 Å². The molecule has 0 spiro atoms. The zero-order chi connectivity index (χ0) is 16.2. The van der Waals surface area contributed by atoms with Crippen LogP contribution in [0.25, 0.3) is 0 Å². The van der Waals surface area contributed by atoms with E-state index < -0.39 is 5.97 Å². The summed E-state index contributed by atoms with van der Waals surface area (Å²) in [5.74, 6) is -0.908. The van der Waals surface area contributed by atoms with Gasteiger partial charge in [-0.2, -0.15) is 0 Å². The number of nitrogens with zero attached hydrogens (tertiary/aromatic N) is 2. The molecule has 1 fully saturated rings. The average molecular weight is 375 g/mol. The van der Waals surface area contributed by atoms with E-state index in [2.05, 4.69) is 31.9 Å². The highest BCUT2D eigenvalue weighted by Crippen LogP contribution is 2.35. The first-order valence-corrected chi connectivity index (χ1v) is 8.58. The van der Waals surface area contributed by atoms with E-state index in [1.807, 2.05) is 42.6 Å². The van der Waals surface area contributed by atoms with Gasteiger partial charge in [0.15, 0.2) is 0 Å². The topological polar surface area (TPSA) is 53.4 Å². The number of benzene rings is 1. The fraction of sp³-hybridized carbons (Fsp3) is 0.333. The van der Waals surface area contributed by atoms with E-state index in [9.17, 15) is 9.90 Å². The van der Waals surface area contributed by atoms with Crippen LogP contribution in [0.15, 0.2) is 53.1 Å². The first-order valence-electron chi connectivity index (χ1n) is 7.79. The summed E-state index contributed by atoms with van der Waals surface area (Å²) in [6.45, 7) is 1.53. The second kappa shape index (κ2) is 7.23. The zero-order valence-electron chi connectivity index (χ0n) is 12.7. The molecule has 3 rings (SSSR count). The van der Waals surface area contributed by atoms with E-state index in [4.69, 9.17) is 0 Å². The molecule has 1 aromatic heterocycles. The quantitative estimate of drug-likeness (QED) is 0.885. The van der Waals surface area contributed by atoms with Crippen molar-refractivity contribution < 1.29 is 9.90 Å². The Morgan fingerprint density at radius 1 is 1.17 bits per heavy atom. The molecule has 0 bridgehead atoms. The fourth-order valence-corrected chi connectivity index (χ4v) is 3.68. The Balaban J connectivity index is 1.91. The van der Waals surface area contributed by atoms with Crippen molar-refractivity contribution in [3.63, 3.8) is 0 Å². The highest BCUT2D eigenvalue weighted by molar-refractivity contribution is 9.10. The lowest BCUT2D eigenvalue weighted by molar-refractivity contribution is -0.143. The molecule has 120 valence electrons. The first kappa shape index (κ1) is 16.1. The van der Waals surface area contributed by atoms with Crippen molar-refractivity contribution in [1.29, 1.82) is 0 Å². The van der Waals surface area contributed by atoms with Crippen LogP contribution in [-0.4, -0.2) is 34.0 Å². The van der Waals surface area contributed by atoms with E-state index in [0.29, 0.717) is 12.8 Å². The van der Waals surface area contributed by atoms with E-state index in [1.54, 1.807) is 0 Å². The molecule has 2 heterocycles. The molecule has 0 radical (unpaired) electrons. The van der Waals surface area contributed by atoms with Crippen molar-refractivity contribution in [2.45, 2.75) is 18.9 Å². The largest absolute Gasteiger partial charge is 0.481 e. The lowest BCUT2D eigenvalue weighted by Crippen LogP contribution is -2.39. The van der Waals surface area contributed by atoms with Crippen molar-refractivity contribution in [2.75, 3.05) is 13.1 Å². The molecule has 1 saturated heterocycles. The highest BCUT2D eigenvalue weighted by atomic mass is 79.9. The molecule has 0 aliphatic carbocycles. The number of aliphatic carboxylic acids is 1. The predicted molar refractivity (Wildman–Crippen MR) is 92.2 cm³/mol. The van der Waals surface area contributed by atoms with E-state index in [0.717, 1.165) is 23.3 Å². The molecule has 1 aliphatic heterocycles. The summed E-state index contributed by atoms with van der Waals surface area (Å²) in [6, 6.07) is 14.2. The van der Waals surface area contributed by atoms with Gasteiger partial charge >= 0.3 is 5.97 Å². The summed E-state index contributed by atoms with van der Waals surface area (Å²) in [4.78, 5) is 18.1. The van der Waals surface area contributed by atoms with Gasteiger partial charge in [-0.05, 0) is 49.7 Å². The summed E-state index contributed by atoms with van der Waals surface area (Å²) in [7, 11) is 0. The Kier molecular flexibility index (Phi) is 5.08. The third-order valence-corrected chi connectivity index (χ3v) is 5.13. The van der Waals surface area contributed by atoms with Gasteiger partial charge in [0.1, 0.15) is 0 Å². The standard InChI is InChI=1S/C18H19BrN2O2/c19-15-6-2-1-5-14(15)17(16-7-3-4-10-20-16)21-11-8-13(9-12-21)18(22)23/h1-7,10,13,17H,8-9,11-12H2,(H,22,23). The van der Waals surface area contributed by atoms with E-state index in [-0.39, 0.29) is 12.0 Å². The zero-order valence-corrected chi connectivity index (χ0v) is 14.3. The minimum absolute atomic E-state index is 0.0431. The molecular weight excluding hydrogens is 356 g/mol. The number of hydrogen-bond donors (Lipinski definition) is 1. The Hall–Kier alpha value is -1.72. The molecule has 1 aliphatic rings.